The molecule has 3 N–H and O–H groups in total. The summed E-state index contributed by atoms with van der Waals surface area (Å²) in [5.41, 5.74) is 3.65. The fourth-order valence-electron chi connectivity index (χ4n) is 3.62. The molecule has 4 rings (SSSR count). The molecule has 0 radical (unpaired) electrons. The largest absolute Gasteiger partial charge is 0.478 e. The molecule has 0 aliphatic rings. The molecule has 34 heavy (non-hydrogen) atoms. The lowest BCUT2D eigenvalue weighted by Gasteiger charge is -2.10. The molecule has 0 unspecified atom stereocenters. The van der Waals surface area contributed by atoms with Gasteiger partial charge in [-0.15, -0.1) is 0 Å². The van der Waals surface area contributed by atoms with E-state index in [2.05, 4.69) is 15.8 Å². The fraction of sp³-hybridized carbons (Fsp3) is 0.0800. The van der Waals surface area contributed by atoms with Crippen LogP contribution in [0.2, 0.25) is 0 Å². The Morgan fingerprint density at radius 3 is 2.50 bits per heavy atom. The quantitative estimate of drug-likeness (QED) is 0.400. The summed E-state index contributed by atoms with van der Waals surface area (Å²) in [4.78, 5) is 35.8. The van der Waals surface area contributed by atoms with Crippen molar-refractivity contribution < 1.29 is 24.0 Å². The van der Waals surface area contributed by atoms with Gasteiger partial charge in [0.1, 0.15) is 0 Å². The van der Waals surface area contributed by atoms with Crippen molar-refractivity contribution in [3.05, 3.63) is 77.0 Å². The van der Waals surface area contributed by atoms with Gasteiger partial charge in [-0.3, -0.25) is 9.59 Å². The van der Waals surface area contributed by atoms with Crippen molar-refractivity contribution in [3.63, 3.8) is 0 Å². The van der Waals surface area contributed by atoms with E-state index in [0.717, 1.165) is 16.7 Å². The lowest BCUT2D eigenvalue weighted by molar-refractivity contribution is -0.114. The van der Waals surface area contributed by atoms with Gasteiger partial charge in [0.05, 0.1) is 28.3 Å². The molecule has 4 aromatic rings. The summed E-state index contributed by atoms with van der Waals surface area (Å²) >= 11 is 0. The first-order valence-electron chi connectivity index (χ1n) is 10.1. The summed E-state index contributed by atoms with van der Waals surface area (Å²) in [6, 6.07) is 16.6. The van der Waals surface area contributed by atoms with Crippen molar-refractivity contribution >= 4 is 40.1 Å². The molecule has 9 nitrogen and oxygen atoms in total. The Morgan fingerprint density at radius 2 is 1.82 bits per heavy atom. The molecule has 0 aliphatic heterocycles. The number of rotatable bonds is 5. The molecule has 1 aromatic heterocycles. The van der Waals surface area contributed by atoms with E-state index in [4.69, 9.17) is 9.78 Å². The minimum Gasteiger partial charge on any atom is -0.478 e. The molecule has 0 aliphatic carbocycles. The minimum atomic E-state index is -1.28. The maximum absolute atomic E-state index is 12.9. The Labute approximate surface area is 193 Å². The van der Waals surface area contributed by atoms with Crippen LogP contribution >= 0.6 is 0 Å². The van der Waals surface area contributed by atoms with Crippen LogP contribution in [-0.2, 0) is 4.79 Å². The maximum Gasteiger partial charge on any atom is 0.337 e. The van der Waals surface area contributed by atoms with Gasteiger partial charge < -0.3 is 20.3 Å². The third-order valence-corrected chi connectivity index (χ3v) is 5.17. The van der Waals surface area contributed by atoms with Crippen molar-refractivity contribution in [3.8, 4) is 17.2 Å². The number of nitrogens with zero attached hydrogens (tertiary/aromatic N) is 2. The SMILES string of the molecule is CC(=O)Nc1ccc(-c2ccc3onc(C(=O)Nc4ccc(C#N)cc4C(=O)O)c3c2)c(C)c1. The van der Waals surface area contributed by atoms with Gasteiger partial charge in [0.15, 0.2) is 11.3 Å². The summed E-state index contributed by atoms with van der Waals surface area (Å²) in [5.74, 6) is -2.10. The lowest BCUT2D eigenvalue weighted by Crippen LogP contribution is -2.15. The third-order valence-electron chi connectivity index (χ3n) is 5.17. The molecular weight excluding hydrogens is 436 g/mol. The Hall–Kier alpha value is -4.97. The second-order valence-corrected chi connectivity index (χ2v) is 7.58. The van der Waals surface area contributed by atoms with Crippen molar-refractivity contribution in [2.45, 2.75) is 13.8 Å². The van der Waals surface area contributed by atoms with Crippen LogP contribution in [0.3, 0.4) is 0 Å². The van der Waals surface area contributed by atoms with E-state index in [9.17, 15) is 19.5 Å². The fourth-order valence-corrected chi connectivity index (χ4v) is 3.62. The second-order valence-electron chi connectivity index (χ2n) is 7.58. The van der Waals surface area contributed by atoms with E-state index in [0.29, 0.717) is 16.7 Å². The predicted molar refractivity (Wildman–Crippen MR) is 125 cm³/mol. The third kappa shape index (κ3) is 4.33. The molecule has 9 heteroatoms. The highest BCUT2D eigenvalue weighted by Crippen LogP contribution is 2.30. The molecule has 0 bridgehead atoms. The number of hydrogen-bond acceptors (Lipinski definition) is 6. The summed E-state index contributed by atoms with van der Waals surface area (Å²) in [5, 5.41) is 28.0. The zero-order valence-electron chi connectivity index (χ0n) is 18.2. The Balaban J connectivity index is 1.69. The topological polar surface area (TPSA) is 145 Å². The van der Waals surface area contributed by atoms with Gasteiger partial charge in [-0.2, -0.15) is 5.26 Å². The van der Waals surface area contributed by atoms with E-state index in [-0.39, 0.29) is 28.4 Å². The van der Waals surface area contributed by atoms with E-state index in [1.54, 1.807) is 18.2 Å². The van der Waals surface area contributed by atoms with Crippen molar-refractivity contribution in [2.75, 3.05) is 10.6 Å². The molecule has 0 atom stereocenters. The van der Waals surface area contributed by atoms with Crippen LogP contribution in [0, 0.1) is 18.3 Å². The number of aryl methyl sites for hydroxylation is 1. The molecule has 0 saturated heterocycles. The predicted octanol–water partition coefficient (Wildman–Crippen LogP) is 4.58. The van der Waals surface area contributed by atoms with Gasteiger partial charge in [0.2, 0.25) is 5.91 Å². The molecule has 0 spiro atoms. The number of amides is 2. The van der Waals surface area contributed by atoms with Gasteiger partial charge in [-0.1, -0.05) is 17.3 Å². The molecular formula is C25H18N4O5. The lowest BCUT2D eigenvalue weighted by atomic mass is 9.98. The van der Waals surface area contributed by atoms with Gasteiger partial charge >= 0.3 is 5.97 Å². The number of carboxylic acid groups (broad SMARTS) is 1. The summed E-state index contributed by atoms with van der Waals surface area (Å²) in [6.07, 6.45) is 0. The van der Waals surface area contributed by atoms with Gasteiger partial charge in [0.25, 0.3) is 5.91 Å². The monoisotopic (exact) mass is 454 g/mol. The number of nitrogens with one attached hydrogen (secondary N) is 2. The standard InChI is InChI=1S/C25H18N4O5/c1-13-9-17(27-14(2)30)5-6-18(13)16-4-8-22-20(11-16)23(29-34-22)24(31)28-21-7-3-15(12-26)10-19(21)25(32)33/h3-11H,1-2H3,(H,27,30)(H,28,31)(H,32,33). The Morgan fingerprint density at radius 1 is 1.03 bits per heavy atom. The second kappa shape index (κ2) is 8.88. The number of aromatic nitrogens is 1. The molecule has 0 fully saturated rings. The summed E-state index contributed by atoms with van der Waals surface area (Å²) in [6.45, 7) is 3.34. The summed E-state index contributed by atoms with van der Waals surface area (Å²) < 4.78 is 5.29. The van der Waals surface area contributed by atoms with Crippen LogP contribution in [-0.4, -0.2) is 28.0 Å². The number of benzene rings is 3. The molecule has 168 valence electrons. The number of fused-ring (bicyclic) bond motifs is 1. The van der Waals surface area contributed by atoms with E-state index < -0.39 is 11.9 Å². The number of anilines is 2. The highest BCUT2D eigenvalue weighted by molar-refractivity contribution is 6.13. The average molecular weight is 454 g/mol. The molecule has 1 heterocycles. The van der Waals surface area contributed by atoms with E-state index in [1.807, 2.05) is 31.2 Å². The molecule has 3 aromatic carbocycles. The molecule has 2 amide bonds. The van der Waals surface area contributed by atoms with Crippen LogP contribution in [0.4, 0.5) is 11.4 Å². The molecule has 0 saturated carbocycles. The number of carboxylic acids is 1. The minimum absolute atomic E-state index is 0.00920. The van der Waals surface area contributed by atoms with Gasteiger partial charge in [0, 0.05) is 12.6 Å². The smallest absolute Gasteiger partial charge is 0.337 e. The van der Waals surface area contributed by atoms with Crippen LogP contribution in [0.25, 0.3) is 22.1 Å². The number of aromatic carboxylic acids is 1. The number of carbonyl (C=O) groups excluding carboxylic acids is 2. The first-order chi connectivity index (χ1) is 16.3. The normalized spacial score (nSPS) is 10.5. The van der Waals surface area contributed by atoms with Crippen LogP contribution in [0.1, 0.15) is 38.9 Å². The number of nitriles is 1. The van der Waals surface area contributed by atoms with E-state index >= 15 is 0 Å². The number of carbonyl (C=O) groups is 3. The maximum atomic E-state index is 12.9. The number of hydrogen-bond donors (Lipinski definition) is 3. The van der Waals surface area contributed by atoms with Crippen molar-refractivity contribution in [2.24, 2.45) is 0 Å². The van der Waals surface area contributed by atoms with Crippen LogP contribution < -0.4 is 10.6 Å². The Bertz CT molecular complexity index is 1510. The zero-order valence-corrected chi connectivity index (χ0v) is 18.2. The average Bonchev–Trinajstić information content (AvgIpc) is 3.22. The van der Waals surface area contributed by atoms with Crippen LogP contribution in [0.5, 0.6) is 0 Å². The van der Waals surface area contributed by atoms with Gasteiger partial charge in [-0.05, 0) is 66.1 Å². The van der Waals surface area contributed by atoms with Crippen LogP contribution in [0.15, 0.2) is 59.1 Å². The highest BCUT2D eigenvalue weighted by atomic mass is 16.5. The van der Waals surface area contributed by atoms with E-state index in [1.165, 1.54) is 25.1 Å². The van der Waals surface area contributed by atoms with Crippen molar-refractivity contribution in [1.82, 2.24) is 5.16 Å². The Kier molecular flexibility index (Phi) is 5.80. The first kappa shape index (κ1) is 22.2. The highest BCUT2D eigenvalue weighted by Gasteiger charge is 2.20. The summed E-state index contributed by atoms with van der Waals surface area (Å²) in [7, 11) is 0. The van der Waals surface area contributed by atoms with Gasteiger partial charge in [-0.25, -0.2) is 4.79 Å². The first-order valence-corrected chi connectivity index (χ1v) is 10.1. The van der Waals surface area contributed by atoms with Crippen molar-refractivity contribution in [1.29, 1.82) is 5.26 Å². The zero-order chi connectivity index (χ0) is 24.4.